The maximum Gasteiger partial charge on any atom is 0.238 e. The molecule has 26 heavy (non-hydrogen) atoms. The molecule has 1 aliphatic heterocycles. The zero-order valence-corrected chi connectivity index (χ0v) is 15.6. The van der Waals surface area contributed by atoms with Crippen LogP contribution in [0.25, 0.3) is 0 Å². The molecule has 3 nitrogen and oxygen atoms in total. The Morgan fingerprint density at radius 1 is 0.962 bits per heavy atom. The van der Waals surface area contributed by atoms with E-state index in [9.17, 15) is 9.59 Å². The molecule has 1 aromatic carbocycles. The SMILES string of the molecule is Cc1c(Cl)cccc1N1C(=O)[C@@H]2[C@@H](C1=O)[C@H]1C=C[C@@H]2C1=C1CCCCC1. The van der Waals surface area contributed by atoms with Crippen LogP contribution < -0.4 is 4.90 Å². The van der Waals surface area contributed by atoms with E-state index in [4.69, 9.17) is 11.6 Å². The Balaban J connectivity index is 1.55. The fraction of sp³-hybridized carbons (Fsp3) is 0.455. The van der Waals surface area contributed by atoms with Gasteiger partial charge in [0.05, 0.1) is 17.5 Å². The largest absolute Gasteiger partial charge is 0.274 e. The molecule has 5 rings (SSSR count). The zero-order chi connectivity index (χ0) is 18.0. The van der Waals surface area contributed by atoms with Gasteiger partial charge in [-0.05, 0) is 50.3 Å². The molecule has 0 aromatic heterocycles. The van der Waals surface area contributed by atoms with Crippen LogP contribution in [0.4, 0.5) is 5.69 Å². The van der Waals surface area contributed by atoms with Crippen molar-refractivity contribution in [3.8, 4) is 0 Å². The molecule has 3 fully saturated rings. The summed E-state index contributed by atoms with van der Waals surface area (Å²) in [5, 5.41) is 0.589. The molecule has 0 radical (unpaired) electrons. The molecule has 3 aliphatic carbocycles. The van der Waals surface area contributed by atoms with Crippen molar-refractivity contribution in [3.05, 3.63) is 52.1 Å². The van der Waals surface area contributed by atoms with Crippen molar-refractivity contribution in [3.63, 3.8) is 0 Å². The van der Waals surface area contributed by atoms with Crippen molar-refractivity contribution in [1.82, 2.24) is 0 Å². The first-order chi connectivity index (χ1) is 12.6. The number of hydrogen-bond donors (Lipinski definition) is 0. The summed E-state index contributed by atoms with van der Waals surface area (Å²) in [6.07, 6.45) is 10.4. The lowest BCUT2D eigenvalue weighted by Gasteiger charge is -2.23. The Labute approximate surface area is 158 Å². The summed E-state index contributed by atoms with van der Waals surface area (Å²) in [4.78, 5) is 28.0. The third-order valence-corrected chi connectivity index (χ3v) is 7.17. The van der Waals surface area contributed by atoms with Crippen LogP contribution in [0, 0.1) is 30.6 Å². The lowest BCUT2D eigenvalue weighted by molar-refractivity contribution is -0.122. The first-order valence-corrected chi connectivity index (χ1v) is 10.0. The molecule has 2 bridgehead atoms. The van der Waals surface area contributed by atoms with E-state index < -0.39 is 0 Å². The van der Waals surface area contributed by atoms with Crippen molar-refractivity contribution >= 4 is 29.1 Å². The predicted molar refractivity (Wildman–Crippen MR) is 102 cm³/mol. The number of hydrogen-bond acceptors (Lipinski definition) is 2. The molecule has 1 aromatic rings. The summed E-state index contributed by atoms with van der Waals surface area (Å²) in [5.41, 5.74) is 4.37. The number of fused-ring (bicyclic) bond motifs is 5. The predicted octanol–water partition coefficient (Wildman–Crippen LogP) is 4.83. The number of halogens is 1. The minimum Gasteiger partial charge on any atom is -0.274 e. The second kappa shape index (κ2) is 5.82. The molecule has 0 N–H and O–H groups in total. The van der Waals surface area contributed by atoms with Gasteiger partial charge in [0.2, 0.25) is 11.8 Å². The maximum atomic E-state index is 13.3. The van der Waals surface area contributed by atoms with Crippen molar-refractivity contribution in [2.45, 2.75) is 39.0 Å². The normalized spacial score (nSPS) is 32.8. The number of rotatable bonds is 1. The highest BCUT2D eigenvalue weighted by molar-refractivity contribution is 6.32. The number of allylic oxidation sites excluding steroid dienone is 4. The van der Waals surface area contributed by atoms with E-state index >= 15 is 0 Å². The van der Waals surface area contributed by atoms with Gasteiger partial charge in [-0.25, -0.2) is 4.90 Å². The van der Waals surface area contributed by atoms with E-state index in [1.807, 2.05) is 19.1 Å². The van der Waals surface area contributed by atoms with Crippen LogP contribution in [0.3, 0.4) is 0 Å². The highest BCUT2D eigenvalue weighted by atomic mass is 35.5. The van der Waals surface area contributed by atoms with Crippen molar-refractivity contribution in [2.75, 3.05) is 4.90 Å². The Morgan fingerprint density at radius 2 is 1.58 bits per heavy atom. The number of amides is 2. The summed E-state index contributed by atoms with van der Waals surface area (Å²) in [6.45, 7) is 1.87. The summed E-state index contributed by atoms with van der Waals surface area (Å²) < 4.78 is 0. The van der Waals surface area contributed by atoms with Crippen LogP contribution in [0.5, 0.6) is 0 Å². The molecule has 134 valence electrons. The number of carbonyl (C=O) groups excluding carboxylic acids is 2. The van der Waals surface area contributed by atoms with E-state index in [1.54, 1.807) is 6.07 Å². The zero-order valence-electron chi connectivity index (χ0n) is 14.9. The molecule has 1 saturated heterocycles. The van der Waals surface area contributed by atoms with E-state index in [1.165, 1.54) is 35.3 Å². The lowest BCUT2D eigenvalue weighted by Crippen LogP contribution is -2.34. The molecule has 2 saturated carbocycles. The minimum atomic E-state index is -0.222. The van der Waals surface area contributed by atoms with Crippen molar-refractivity contribution in [2.24, 2.45) is 23.7 Å². The van der Waals surface area contributed by atoms with Crippen LogP contribution in [-0.2, 0) is 9.59 Å². The van der Waals surface area contributed by atoms with E-state index in [0.717, 1.165) is 18.4 Å². The van der Waals surface area contributed by atoms with Gasteiger partial charge in [0, 0.05) is 16.9 Å². The van der Waals surface area contributed by atoms with Gasteiger partial charge < -0.3 is 0 Å². The molecule has 4 heteroatoms. The van der Waals surface area contributed by atoms with Gasteiger partial charge in [0.1, 0.15) is 0 Å². The third kappa shape index (κ3) is 2.07. The van der Waals surface area contributed by atoms with Crippen LogP contribution in [0.2, 0.25) is 5.02 Å². The standard InChI is InChI=1S/C22H22ClNO2/c1-12-16(23)8-5-9-17(12)24-21(25)19-14-10-11-15(20(19)22(24)26)18(14)13-6-3-2-4-7-13/h5,8-11,14-15,19-20H,2-4,6-7H2,1H3/t14-,15+,19-,20-/m0/s1. The average Bonchev–Trinajstić information content (AvgIpc) is 3.29. The number of anilines is 1. The number of carbonyl (C=O) groups is 2. The van der Waals surface area contributed by atoms with Crippen molar-refractivity contribution < 1.29 is 9.59 Å². The number of imide groups is 1. The van der Waals surface area contributed by atoms with Gasteiger partial charge in [0.25, 0.3) is 0 Å². The molecular weight excluding hydrogens is 346 g/mol. The molecule has 0 spiro atoms. The molecule has 0 unspecified atom stereocenters. The highest BCUT2D eigenvalue weighted by Crippen LogP contribution is 2.58. The Bertz CT molecular complexity index is 842. The molecular formula is C22H22ClNO2. The quantitative estimate of drug-likeness (QED) is 0.526. The number of nitrogens with zero attached hydrogens (tertiary/aromatic N) is 1. The monoisotopic (exact) mass is 367 g/mol. The van der Waals surface area contributed by atoms with E-state index in [2.05, 4.69) is 12.2 Å². The first-order valence-electron chi connectivity index (χ1n) is 9.62. The van der Waals surface area contributed by atoms with Crippen LogP contribution in [0.15, 0.2) is 41.5 Å². The Kier molecular flexibility index (Phi) is 3.65. The van der Waals surface area contributed by atoms with Crippen LogP contribution in [-0.4, -0.2) is 11.8 Å². The van der Waals surface area contributed by atoms with Gasteiger partial charge in [-0.3, -0.25) is 9.59 Å². The van der Waals surface area contributed by atoms with Gasteiger partial charge in [0.15, 0.2) is 0 Å². The first kappa shape index (κ1) is 16.3. The summed E-state index contributed by atoms with van der Waals surface area (Å²) in [7, 11) is 0. The highest BCUT2D eigenvalue weighted by Gasteiger charge is 2.62. The van der Waals surface area contributed by atoms with E-state index in [0.29, 0.717) is 10.7 Å². The topological polar surface area (TPSA) is 37.4 Å². The molecule has 2 amide bonds. The second-order valence-electron chi connectivity index (χ2n) is 8.00. The summed E-state index contributed by atoms with van der Waals surface area (Å²) in [5.74, 6) is -0.286. The van der Waals surface area contributed by atoms with Crippen LogP contribution in [0.1, 0.15) is 37.7 Å². The fourth-order valence-corrected chi connectivity index (χ4v) is 5.75. The minimum absolute atomic E-state index is 0.0453. The molecule has 4 aliphatic rings. The van der Waals surface area contributed by atoms with Gasteiger partial charge in [-0.15, -0.1) is 0 Å². The lowest BCUT2D eigenvalue weighted by atomic mass is 9.85. The third-order valence-electron chi connectivity index (χ3n) is 6.76. The van der Waals surface area contributed by atoms with Gasteiger partial charge in [-0.2, -0.15) is 0 Å². The summed E-state index contributed by atoms with van der Waals surface area (Å²) in [6, 6.07) is 5.43. The van der Waals surface area contributed by atoms with Gasteiger partial charge in [-0.1, -0.05) is 47.4 Å². The fourth-order valence-electron chi connectivity index (χ4n) is 5.58. The van der Waals surface area contributed by atoms with E-state index in [-0.39, 0.29) is 35.5 Å². The van der Waals surface area contributed by atoms with Crippen molar-refractivity contribution in [1.29, 1.82) is 0 Å². The summed E-state index contributed by atoms with van der Waals surface area (Å²) >= 11 is 6.23. The number of benzene rings is 1. The second-order valence-corrected chi connectivity index (χ2v) is 8.41. The average molecular weight is 368 g/mol. The van der Waals surface area contributed by atoms with Gasteiger partial charge >= 0.3 is 0 Å². The molecule has 4 atom stereocenters. The Morgan fingerprint density at radius 3 is 2.19 bits per heavy atom. The smallest absolute Gasteiger partial charge is 0.238 e. The molecule has 1 heterocycles. The maximum absolute atomic E-state index is 13.3. The Hall–Kier alpha value is -1.87. The van der Waals surface area contributed by atoms with Crippen LogP contribution >= 0.6 is 11.6 Å².